The summed E-state index contributed by atoms with van der Waals surface area (Å²) in [4.78, 5) is 12.1. The second-order valence-corrected chi connectivity index (χ2v) is 5.71. The predicted molar refractivity (Wildman–Crippen MR) is 94.9 cm³/mol. The van der Waals surface area contributed by atoms with Crippen molar-refractivity contribution in [1.29, 1.82) is 0 Å². The summed E-state index contributed by atoms with van der Waals surface area (Å²) in [5.41, 5.74) is 2.12. The van der Waals surface area contributed by atoms with Gasteiger partial charge in [-0.05, 0) is 42.5 Å². The number of nitrogens with one attached hydrogen (secondary N) is 1. The Morgan fingerprint density at radius 2 is 1.78 bits per heavy atom. The summed E-state index contributed by atoms with van der Waals surface area (Å²) in [7, 11) is 0. The SMILES string of the molecule is CCC(C)c1ccccc1NC(=O)CCCOc1ccccc1. The summed E-state index contributed by atoms with van der Waals surface area (Å²) >= 11 is 0. The fourth-order valence-corrected chi connectivity index (χ4v) is 2.41. The molecule has 0 radical (unpaired) electrons. The van der Waals surface area contributed by atoms with Gasteiger partial charge in [-0.15, -0.1) is 0 Å². The van der Waals surface area contributed by atoms with Crippen molar-refractivity contribution in [2.24, 2.45) is 0 Å². The molecule has 1 amide bonds. The molecule has 2 aromatic carbocycles. The molecule has 23 heavy (non-hydrogen) atoms. The third-order valence-corrected chi connectivity index (χ3v) is 3.94. The first kappa shape index (κ1) is 17.1. The summed E-state index contributed by atoms with van der Waals surface area (Å²) in [6.07, 6.45) is 2.21. The zero-order chi connectivity index (χ0) is 16.5. The van der Waals surface area contributed by atoms with Crippen LogP contribution in [-0.2, 0) is 4.79 Å². The lowest BCUT2D eigenvalue weighted by Crippen LogP contribution is -2.14. The topological polar surface area (TPSA) is 38.3 Å². The number of ether oxygens (including phenoxy) is 1. The second-order valence-electron chi connectivity index (χ2n) is 5.71. The maximum Gasteiger partial charge on any atom is 0.224 e. The van der Waals surface area contributed by atoms with Crippen molar-refractivity contribution in [1.82, 2.24) is 0 Å². The molecule has 2 aromatic rings. The van der Waals surface area contributed by atoms with Crippen molar-refractivity contribution in [3.05, 3.63) is 60.2 Å². The highest BCUT2D eigenvalue weighted by molar-refractivity contribution is 5.91. The molecule has 0 spiro atoms. The number of hydrogen-bond donors (Lipinski definition) is 1. The standard InChI is InChI=1S/C20H25NO2/c1-3-16(2)18-12-7-8-13-19(18)21-20(22)14-9-15-23-17-10-5-4-6-11-17/h4-8,10-13,16H,3,9,14-15H2,1-2H3,(H,21,22). The number of carbonyl (C=O) groups excluding carboxylic acids is 1. The molecule has 0 bridgehead atoms. The number of rotatable bonds is 8. The quantitative estimate of drug-likeness (QED) is 0.697. The molecule has 0 aliphatic heterocycles. The van der Waals surface area contributed by atoms with Gasteiger partial charge in [0, 0.05) is 12.1 Å². The van der Waals surface area contributed by atoms with Gasteiger partial charge < -0.3 is 10.1 Å². The summed E-state index contributed by atoms with van der Waals surface area (Å²) in [5, 5.41) is 3.03. The van der Waals surface area contributed by atoms with Crippen LogP contribution in [0.2, 0.25) is 0 Å². The van der Waals surface area contributed by atoms with E-state index in [4.69, 9.17) is 4.74 Å². The first-order valence-corrected chi connectivity index (χ1v) is 8.27. The minimum Gasteiger partial charge on any atom is -0.494 e. The molecule has 0 aliphatic carbocycles. The highest BCUT2D eigenvalue weighted by Gasteiger charge is 2.10. The molecule has 122 valence electrons. The molecule has 0 saturated carbocycles. The average Bonchev–Trinajstić information content (AvgIpc) is 2.59. The normalized spacial score (nSPS) is 11.7. The molecule has 1 atom stereocenters. The first-order chi connectivity index (χ1) is 11.2. The molecule has 1 N–H and O–H groups in total. The maximum absolute atomic E-state index is 12.1. The average molecular weight is 311 g/mol. The highest BCUT2D eigenvalue weighted by atomic mass is 16.5. The van der Waals surface area contributed by atoms with E-state index in [0.29, 0.717) is 25.4 Å². The van der Waals surface area contributed by atoms with Gasteiger partial charge in [0.15, 0.2) is 0 Å². The van der Waals surface area contributed by atoms with Gasteiger partial charge in [-0.25, -0.2) is 0 Å². The van der Waals surface area contributed by atoms with Crippen LogP contribution in [-0.4, -0.2) is 12.5 Å². The second kappa shape index (κ2) is 8.99. The third kappa shape index (κ3) is 5.44. The van der Waals surface area contributed by atoms with E-state index in [2.05, 4.69) is 25.2 Å². The molecule has 1 unspecified atom stereocenters. The minimum absolute atomic E-state index is 0.0393. The molecular formula is C20H25NO2. The van der Waals surface area contributed by atoms with Crippen molar-refractivity contribution in [3.63, 3.8) is 0 Å². The monoisotopic (exact) mass is 311 g/mol. The molecule has 0 aromatic heterocycles. The molecule has 0 fully saturated rings. The lowest BCUT2D eigenvalue weighted by atomic mass is 9.97. The van der Waals surface area contributed by atoms with Crippen LogP contribution in [0.25, 0.3) is 0 Å². The fourth-order valence-electron chi connectivity index (χ4n) is 2.41. The van der Waals surface area contributed by atoms with E-state index in [1.54, 1.807) is 0 Å². The molecular weight excluding hydrogens is 286 g/mol. The van der Waals surface area contributed by atoms with Gasteiger partial charge in [-0.2, -0.15) is 0 Å². The molecule has 0 saturated heterocycles. The highest BCUT2D eigenvalue weighted by Crippen LogP contribution is 2.26. The van der Waals surface area contributed by atoms with Crippen LogP contribution in [0.1, 0.15) is 44.6 Å². The number of anilines is 1. The zero-order valence-corrected chi connectivity index (χ0v) is 13.9. The summed E-state index contributed by atoms with van der Waals surface area (Å²) < 4.78 is 5.61. The van der Waals surface area contributed by atoms with Gasteiger partial charge in [0.2, 0.25) is 5.91 Å². The van der Waals surface area contributed by atoms with E-state index in [-0.39, 0.29) is 5.91 Å². The first-order valence-electron chi connectivity index (χ1n) is 8.27. The molecule has 2 rings (SSSR count). The van der Waals surface area contributed by atoms with Gasteiger partial charge in [-0.3, -0.25) is 4.79 Å². The number of para-hydroxylation sites is 2. The Hall–Kier alpha value is -2.29. The van der Waals surface area contributed by atoms with Crippen molar-refractivity contribution in [2.45, 2.75) is 39.0 Å². The Morgan fingerprint density at radius 1 is 1.09 bits per heavy atom. The minimum atomic E-state index is 0.0393. The maximum atomic E-state index is 12.1. The summed E-state index contributed by atoms with van der Waals surface area (Å²) in [6.45, 7) is 4.88. The Bertz CT molecular complexity index is 610. The van der Waals surface area contributed by atoms with E-state index in [1.165, 1.54) is 5.56 Å². The van der Waals surface area contributed by atoms with Crippen molar-refractivity contribution in [3.8, 4) is 5.75 Å². The van der Waals surface area contributed by atoms with Crippen LogP contribution in [0.5, 0.6) is 5.75 Å². The van der Waals surface area contributed by atoms with Crippen LogP contribution in [0.4, 0.5) is 5.69 Å². The van der Waals surface area contributed by atoms with Crippen molar-refractivity contribution >= 4 is 11.6 Å². The fraction of sp³-hybridized carbons (Fsp3) is 0.350. The molecule has 0 aliphatic rings. The summed E-state index contributed by atoms with van der Waals surface area (Å²) in [6, 6.07) is 17.7. The summed E-state index contributed by atoms with van der Waals surface area (Å²) in [5.74, 6) is 1.32. The number of carbonyl (C=O) groups is 1. The van der Waals surface area contributed by atoms with Gasteiger partial charge >= 0.3 is 0 Å². The van der Waals surface area contributed by atoms with Gasteiger partial charge in [0.1, 0.15) is 5.75 Å². The van der Waals surface area contributed by atoms with Crippen LogP contribution >= 0.6 is 0 Å². The smallest absolute Gasteiger partial charge is 0.224 e. The van der Waals surface area contributed by atoms with E-state index >= 15 is 0 Å². The Kier molecular flexibility index (Phi) is 6.67. The largest absolute Gasteiger partial charge is 0.494 e. The van der Waals surface area contributed by atoms with Crippen LogP contribution < -0.4 is 10.1 Å². The van der Waals surface area contributed by atoms with Crippen molar-refractivity contribution in [2.75, 3.05) is 11.9 Å². The number of amides is 1. The van der Waals surface area contributed by atoms with E-state index < -0.39 is 0 Å². The Labute approximate surface area is 138 Å². The van der Waals surface area contributed by atoms with E-state index in [0.717, 1.165) is 17.9 Å². The Balaban J connectivity index is 1.79. The molecule has 3 heteroatoms. The van der Waals surface area contributed by atoms with Crippen LogP contribution in [0.3, 0.4) is 0 Å². The van der Waals surface area contributed by atoms with Gasteiger partial charge in [0.25, 0.3) is 0 Å². The van der Waals surface area contributed by atoms with Crippen LogP contribution in [0.15, 0.2) is 54.6 Å². The van der Waals surface area contributed by atoms with Crippen LogP contribution in [0, 0.1) is 0 Å². The van der Waals surface area contributed by atoms with Gasteiger partial charge in [0.05, 0.1) is 6.61 Å². The van der Waals surface area contributed by atoms with Crippen molar-refractivity contribution < 1.29 is 9.53 Å². The molecule has 0 heterocycles. The van der Waals surface area contributed by atoms with Gasteiger partial charge in [-0.1, -0.05) is 50.2 Å². The lowest BCUT2D eigenvalue weighted by Gasteiger charge is -2.15. The number of benzene rings is 2. The third-order valence-electron chi connectivity index (χ3n) is 3.94. The Morgan fingerprint density at radius 3 is 2.52 bits per heavy atom. The molecule has 3 nitrogen and oxygen atoms in total. The lowest BCUT2D eigenvalue weighted by molar-refractivity contribution is -0.116. The zero-order valence-electron chi connectivity index (χ0n) is 13.9. The van der Waals surface area contributed by atoms with E-state index in [1.807, 2.05) is 48.5 Å². The number of hydrogen-bond acceptors (Lipinski definition) is 2. The predicted octanol–water partition coefficient (Wildman–Crippen LogP) is 5.00. The van der Waals surface area contributed by atoms with E-state index in [9.17, 15) is 4.79 Å².